The molecular weight excluding hydrogens is 808 g/mol. The molecule has 0 spiro atoms. The van der Waals surface area contributed by atoms with Crippen molar-refractivity contribution in [2.75, 3.05) is 0 Å². The molecule has 0 fully saturated rings. The van der Waals surface area contributed by atoms with E-state index in [2.05, 4.69) is 72.1 Å². The molecule has 2 rings (SSSR count). The topological polar surface area (TPSA) is 226 Å². The summed E-state index contributed by atoms with van der Waals surface area (Å²) in [6, 6.07) is 1.68. The van der Waals surface area contributed by atoms with Crippen molar-refractivity contribution in [2.45, 2.75) is 13.2 Å². The number of phenolic OH excluding ortho intramolecular Hbond substituents is 2. The lowest BCUT2D eigenvalue weighted by Gasteiger charge is -2.17. The lowest BCUT2D eigenvalue weighted by molar-refractivity contribution is 0.250. The largest absolute Gasteiger partial charge is 0.726 e. The van der Waals surface area contributed by atoms with Crippen LogP contribution < -0.4 is 8.37 Å². The molecule has 0 aliphatic heterocycles. The minimum atomic E-state index is -5.08. The second-order valence-electron chi connectivity index (χ2n) is 5.94. The molecule has 0 heterocycles. The van der Waals surface area contributed by atoms with E-state index in [-0.39, 0.29) is 29.0 Å². The SMILES string of the molecule is O=S(=O)([O-])OCc1cc(O)c(OS(=O)(=O)Oc2c(O)cc(COS(=O)(=O)[O-])c(Br)c2Br)c(Br)c1Br. The fraction of sp³-hybridized carbons (Fsp3) is 0.143. The van der Waals surface area contributed by atoms with Gasteiger partial charge in [0.25, 0.3) is 0 Å². The van der Waals surface area contributed by atoms with Gasteiger partial charge in [-0.2, -0.15) is 0 Å². The summed E-state index contributed by atoms with van der Waals surface area (Å²) < 4.78 is 106. The van der Waals surface area contributed by atoms with Gasteiger partial charge < -0.3 is 27.7 Å². The first-order valence-corrected chi connectivity index (χ1v) is 15.2. The van der Waals surface area contributed by atoms with Gasteiger partial charge in [-0.3, -0.25) is 8.37 Å². The molecule has 2 aromatic rings. The predicted molar refractivity (Wildman–Crippen MR) is 126 cm³/mol. The Balaban J connectivity index is 2.35. The highest BCUT2D eigenvalue weighted by Gasteiger charge is 2.27. The number of aromatic hydroxyl groups is 2. The summed E-state index contributed by atoms with van der Waals surface area (Å²) in [5, 5.41) is 20.3. The monoisotopic (exact) mass is 812 g/mol. The van der Waals surface area contributed by atoms with Gasteiger partial charge >= 0.3 is 10.4 Å². The fourth-order valence-electron chi connectivity index (χ4n) is 2.16. The maximum atomic E-state index is 12.5. The summed E-state index contributed by atoms with van der Waals surface area (Å²) >= 11 is 11.9. The van der Waals surface area contributed by atoms with Crippen LogP contribution in [0.1, 0.15) is 11.1 Å². The number of benzene rings is 2. The summed E-state index contributed by atoms with van der Waals surface area (Å²) in [5.41, 5.74) is -0.164. The molecule has 2 aromatic carbocycles. The van der Waals surface area contributed by atoms with Gasteiger partial charge in [-0.25, -0.2) is 16.8 Å². The van der Waals surface area contributed by atoms with Crippen molar-refractivity contribution in [3.05, 3.63) is 41.2 Å². The predicted octanol–water partition coefficient (Wildman–Crippen LogP) is 2.80. The van der Waals surface area contributed by atoms with Gasteiger partial charge in [0, 0.05) is 8.95 Å². The molecule has 0 atom stereocenters. The Morgan fingerprint density at radius 1 is 0.657 bits per heavy atom. The number of hydrogen-bond acceptors (Lipinski definition) is 14. The normalized spacial score (nSPS) is 12.5. The van der Waals surface area contributed by atoms with Gasteiger partial charge in [-0.15, -0.1) is 8.42 Å². The van der Waals surface area contributed by atoms with Crippen LogP contribution in [0.3, 0.4) is 0 Å². The van der Waals surface area contributed by atoms with Crippen LogP contribution in [-0.2, 0) is 52.8 Å². The van der Waals surface area contributed by atoms with Crippen molar-refractivity contribution in [3.8, 4) is 23.0 Å². The Labute approximate surface area is 231 Å². The summed E-state index contributed by atoms with van der Waals surface area (Å²) in [6.45, 7) is -1.61. The van der Waals surface area contributed by atoms with Gasteiger partial charge in [0.05, 0.1) is 22.2 Å². The quantitative estimate of drug-likeness (QED) is 0.260. The molecule has 0 aliphatic carbocycles. The first-order chi connectivity index (χ1) is 15.8. The van der Waals surface area contributed by atoms with Crippen molar-refractivity contribution < 1.29 is 61.3 Å². The molecule has 196 valence electrons. The van der Waals surface area contributed by atoms with Crippen LogP contribution in [0.25, 0.3) is 0 Å². The van der Waals surface area contributed by atoms with E-state index in [0.717, 1.165) is 12.1 Å². The Kier molecular flexibility index (Phi) is 9.86. The third-order valence-corrected chi connectivity index (χ3v) is 9.47. The van der Waals surface area contributed by atoms with E-state index in [4.69, 9.17) is 8.37 Å². The van der Waals surface area contributed by atoms with Crippen molar-refractivity contribution in [1.29, 1.82) is 0 Å². The highest BCUT2D eigenvalue weighted by Crippen LogP contribution is 2.45. The average molecular weight is 816 g/mol. The Morgan fingerprint density at radius 2 is 0.971 bits per heavy atom. The summed E-state index contributed by atoms with van der Waals surface area (Å²) in [7, 11) is -15.2. The van der Waals surface area contributed by atoms with Crippen LogP contribution in [0.5, 0.6) is 23.0 Å². The standard InChI is InChI=1S/C14H10Br4O14S3/c15-9-5(3-29-33(21,22)23)1-7(19)13(11(9)17)31-35(27,28)32-14-8(20)2-6(10(16)12(14)18)4-30-34(24,25)26/h1-2,19-20H,3-4H2,(H,21,22,23)(H,24,25,26)/p-2. The van der Waals surface area contributed by atoms with Crippen LogP contribution >= 0.6 is 63.7 Å². The first-order valence-electron chi connectivity index (χ1n) is 8.05. The van der Waals surface area contributed by atoms with E-state index in [9.17, 15) is 44.6 Å². The van der Waals surface area contributed by atoms with Crippen LogP contribution in [0.4, 0.5) is 0 Å². The van der Waals surface area contributed by atoms with Crippen LogP contribution in [0.15, 0.2) is 30.0 Å². The molecule has 0 bridgehead atoms. The molecular formula is C14H8Br4O14S3-2. The van der Waals surface area contributed by atoms with E-state index in [0.29, 0.717) is 0 Å². The second kappa shape index (κ2) is 11.3. The zero-order chi connectivity index (χ0) is 26.9. The highest BCUT2D eigenvalue weighted by atomic mass is 79.9. The number of phenols is 2. The summed E-state index contributed by atoms with van der Waals surface area (Å²) in [5.74, 6) is -3.15. The minimum Gasteiger partial charge on any atom is -0.726 e. The van der Waals surface area contributed by atoms with E-state index in [1.165, 1.54) is 0 Å². The lowest BCUT2D eigenvalue weighted by atomic mass is 10.2. The van der Waals surface area contributed by atoms with Gasteiger partial charge in [0.2, 0.25) is 32.3 Å². The molecule has 0 aliphatic rings. The van der Waals surface area contributed by atoms with Crippen molar-refractivity contribution in [2.24, 2.45) is 0 Å². The van der Waals surface area contributed by atoms with E-state index < -0.39 is 67.4 Å². The molecule has 0 amide bonds. The van der Waals surface area contributed by atoms with Gasteiger partial charge in [0.15, 0.2) is 11.5 Å². The Morgan fingerprint density at radius 3 is 1.26 bits per heavy atom. The maximum Gasteiger partial charge on any atom is 0.501 e. The molecule has 0 unspecified atom stereocenters. The highest BCUT2D eigenvalue weighted by molar-refractivity contribution is 9.13. The zero-order valence-electron chi connectivity index (χ0n) is 16.1. The molecule has 2 N–H and O–H groups in total. The van der Waals surface area contributed by atoms with Crippen LogP contribution in [0.2, 0.25) is 0 Å². The van der Waals surface area contributed by atoms with Gasteiger partial charge in [-0.05, 0) is 87.0 Å². The zero-order valence-corrected chi connectivity index (χ0v) is 24.9. The Bertz CT molecular complexity index is 1370. The van der Waals surface area contributed by atoms with E-state index in [1.807, 2.05) is 0 Å². The number of rotatable bonds is 10. The van der Waals surface area contributed by atoms with Crippen molar-refractivity contribution in [3.63, 3.8) is 0 Å². The third-order valence-electron chi connectivity index (χ3n) is 3.52. The first kappa shape index (κ1) is 30.5. The van der Waals surface area contributed by atoms with E-state index >= 15 is 0 Å². The molecule has 21 heteroatoms. The average Bonchev–Trinajstić information content (AvgIpc) is 2.70. The van der Waals surface area contributed by atoms with Crippen LogP contribution in [-0.4, -0.2) is 44.6 Å². The second-order valence-corrected chi connectivity index (χ2v) is 12.4. The number of halogens is 4. The Hall–Kier alpha value is -0.750. The molecule has 35 heavy (non-hydrogen) atoms. The maximum absolute atomic E-state index is 12.5. The minimum absolute atomic E-state index is 0.0476. The summed E-state index contributed by atoms with van der Waals surface area (Å²) in [4.78, 5) is 0. The van der Waals surface area contributed by atoms with Crippen molar-refractivity contribution >= 4 is 94.9 Å². The van der Waals surface area contributed by atoms with E-state index in [1.54, 1.807) is 0 Å². The summed E-state index contributed by atoms with van der Waals surface area (Å²) in [6.07, 6.45) is 0. The number of hydrogen-bond donors (Lipinski definition) is 2. The van der Waals surface area contributed by atoms with Gasteiger partial charge in [0.1, 0.15) is 0 Å². The molecule has 0 aromatic heterocycles. The lowest BCUT2D eigenvalue weighted by Crippen LogP contribution is -2.17. The molecule has 14 nitrogen and oxygen atoms in total. The fourth-order valence-corrected chi connectivity index (χ4v) is 5.59. The molecule has 0 saturated carbocycles. The molecule has 0 saturated heterocycles. The van der Waals surface area contributed by atoms with Crippen LogP contribution in [0, 0.1) is 0 Å². The molecule has 0 radical (unpaired) electrons. The third kappa shape index (κ3) is 8.66. The smallest absolute Gasteiger partial charge is 0.501 e. The van der Waals surface area contributed by atoms with Gasteiger partial charge in [-0.1, -0.05) is 0 Å². The van der Waals surface area contributed by atoms with Crippen molar-refractivity contribution in [1.82, 2.24) is 0 Å².